The van der Waals surface area contributed by atoms with E-state index in [1.54, 1.807) is 31.2 Å². The van der Waals surface area contributed by atoms with Crippen LogP contribution in [-0.2, 0) is 45.3 Å². The van der Waals surface area contributed by atoms with E-state index in [0.29, 0.717) is 0 Å². The molecule has 1 heterocycles. The molecule has 6 atom stereocenters. The number of hydrogen-bond acceptors (Lipinski definition) is 9. The second-order valence-corrected chi connectivity index (χ2v) is 9.40. The molecule has 0 spiro atoms. The molecule has 2 rings (SSSR count). The van der Waals surface area contributed by atoms with Gasteiger partial charge >= 0.3 is 18.0 Å². The van der Waals surface area contributed by atoms with Crippen LogP contribution in [0.4, 0.5) is 4.79 Å². The molecular formula is C21H29NO10S. The van der Waals surface area contributed by atoms with E-state index in [1.165, 1.54) is 13.8 Å². The van der Waals surface area contributed by atoms with Crippen LogP contribution in [0.2, 0.25) is 0 Å². The first-order valence-electron chi connectivity index (χ1n) is 10.3. The minimum absolute atomic E-state index is 0.00497. The highest BCUT2D eigenvalue weighted by molar-refractivity contribution is 7.86. The molecule has 1 aromatic rings. The molecule has 0 saturated carbocycles. The van der Waals surface area contributed by atoms with Crippen molar-refractivity contribution in [1.29, 1.82) is 0 Å². The van der Waals surface area contributed by atoms with Gasteiger partial charge in [0.15, 0.2) is 11.5 Å². The standard InChI is InChI=1S/C21H29NO10S/c1-12-17(22-21(25)29-11-16-8-6-5-7-9-16)10-18(33(26,27)28)32-19(12)20(31-15(4)24)13(2)30-14(3)23/h5-9,12-13,17-20H,10-11H2,1-4H3,(H,22,25)(H,26,27,28)/t12-,13-,17+,18+,19-,20-/m1/s1. The van der Waals surface area contributed by atoms with Gasteiger partial charge in [0.1, 0.15) is 18.8 Å². The summed E-state index contributed by atoms with van der Waals surface area (Å²) in [6.45, 7) is 5.40. The Kier molecular flexibility index (Phi) is 9.20. The van der Waals surface area contributed by atoms with Gasteiger partial charge < -0.3 is 24.3 Å². The molecule has 1 amide bonds. The number of hydrogen-bond donors (Lipinski definition) is 2. The third kappa shape index (κ3) is 7.98. The minimum atomic E-state index is -4.68. The fraction of sp³-hybridized carbons (Fsp3) is 0.571. The van der Waals surface area contributed by atoms with Gasteiger partial charge in [-0.1, -0.05) is 37.3 Å². The first-order valence-corrected chi connectivity index (χ1v) is 11.8. The van der Waals surface area contributed by atoms with Crippen molar-refractivity contribution in [3.05, 3.63) is 35.9 Å². The maximum atomic E-state index is 12.4. The van der Waals surface area contributed by atoms with Crippen LogP contribution in [0, 0.1) is 5.92 Å². The van der Waals surface area contributed by atoms with Crippen LogP contribution in [0.15, 0.2) is 30.3 Å². The molecule has 1 aliphatic rings. The zero-order valence-corrected chi connectivity index (χ0v) is 19.6. The molecule has 1 aliphatic heterocycles. The number of rotatable bonds is 8. The Morgan fingerprint density at radius 1 is 1.15 bits per heavy atom. The average molecular weight is 488 g/mol. The number of amides is 1. The van der Waals surface area contributed by atoms with Crippen LogP contribution < -0.4 is 5.32 Å². The summed E-state index contributed by atoms with van der Waals surface area (Å²) in [7, 11) is -4.68. The van der Waals surface area contributed by atoms with Crippen molar-refractivity contribution in [2.75, 3.05) is 0 Å². The molecule has 1 fully saturated rings. The molecule has 0 bridgehead atoms. The highest BCUT2D eigenvalue weighted by Gasteiger charge is 2.48. The molecule has 2 N–H and O–H groups in total. The second kappa shape index (κ2) is 11.4. The van der Waals surface area contributed by atoms with Gasteiger partial charge in [-0.3, -0.25) is 14.1 Å². The second-order valence-electron chi connectivity index (χ2n) is 7.84. The molecule has 11 nitrogen and oxygen atoms in total. The van der Waals surface area contributed by atoms with Crippen LogP contribution >= 0.6 is 0 Å². The Labute approximate surface area is 192 Å². The largest absolute Gasteiger partial charge is 0.459 e. The molecule has 0 aromatic heterocycles. The Balaban J connectivity index is 2.22. The Morgan fingerprint density at radius 2 is 1.76 bits per heavy atom. The summed E-state index contributed by atoms with van der Waals surface area (Å²) in [5.41, 5.74) is -0.952. The van der Waals surface area contributed by atoms with Gasteiger partial charge in [0.25, 0.3) is 10.1 Å². The summed E-state index contributed by atoms with van der Waals surface area (Å²) in [4.78, 5) is 35.5. The highest BCUT2D eigenvalue weighted by atomic mass is 32.2. The van der Waals surface area contributed by atoms with Gasteiger partial charge in [0.05, 0.1) is 0 Å². The number of carbonyl (C=O) groups excluding carboxylic acids is 3. The lowest BCUT2D eigenvalue weighted by Gasteiger charge is -2.43. The average Bonchev–Trinajstić information content (AvgIpc) is 2.71. The third-order valence-corrected chi connectivity index (χ3v) is 6.16. The number of benzene rings is 1. The molecule has 184 valence electrons. The topological polar surface area (TPSA) is 155 Å². The van der Waals surface area contributed by atoms with Gasteiger partial charge in [-0.2, -0.15) is 8.42 Å². The molecule has 1 aromatic carbocycles. The van der Waals surface area contributed by atoms with Crippen LogP contribution in [0.1, 0.15) is 39.7 Å². The lowest BCUT2D eigenvalue weighted by molar-refractivity contribution is -0.190. The summed E-state index contributed by atoms with van der Waals surface area (Å²) < 4.78 is 54.5. The number of alkyl carbamates (subject to hydrolysis) is 1. The Morgan fingerprint density at radius 3 is 2.30 bits per heavy atom. The number of carbonyl (C=O) groups is 3. The van der Waals surface area contributed by atoms with E-state index >= 15 is 0 Å². The van der Waals surface area contributed by atoms with Gasteiger partial charge in [0, 0.05) is 32.2 Å². The quantitative estimate of drug-likeness (QED) is 0.315. The zero-order chi connectivity index (χ0) is 24.8. The van der Waals surface area contributed by atoms with Gasteiger partial charge in [-0.25, -0.2) is 4.79 Å². The van der Waals surface area contributed by atoms with E-state index in [4.69, 9.17) is 18.9 Å². The first kappa shape index (κ1) is 26.6. The highest BCUT2D eigenvalue weighted by Crippen LogP contribution is 2.32. The lowest BCUT2D eigenvalue weighted by Crippen LogP contribution is -2.58. The number of esters is 2. The van der Waals surface area contributed by atoms with E-state index in [2.05, 4.69) is 5.32 Å². The first-order chi connectivity index (χ1) is 15.4. The van der Waals surface area contributed by atoms with Crippen LogP contribution in [0.3, 0.4) is 0 Å². The van der Waals surface area contributed by atoms with E-state index in [-0.39, 0.29) is 13.0 Å². The lowest BCUT2D eigenvalue weighted by atomic mass is 9.86. The zero-order valence-electron chi connectivity index (χ0n) is 18.8. The van der Waals surface area contributed by atoms with Gasteiger partial charge in [-0.15, -0.1) is 0 Å². The van der Waals surface area contributed by atoms with Crippen molar-refractivity contribution < 1.29 is 46.3 Å². The molecule has 0 unspecified atom stereocenters. The maximum Gasteiger partial charge on any atom is 0.407 e. The molecular weight excluding hydrogens is 458 g/mol. The van der Waals surface area contributed by atoms with E-state index in [0.717, 1.165) is 12.5 Å². The fourth-order valence-corrected chi connectivity index (χ4v) is 4.35. The fourth-order valence-electron chi connectivity index (χ4n) is 3.63. The van der Waals surface area contributed by atoms with Crippen molar-refractivity contribution in [3.8, 4) is 0 Å². The van der Waals surface area contributed by atoms with Crippen LogP contribution in [-0.4, -0.2) is 60.8 Å². The monoisotopic (exact) mass is 487 g/mol. The smallest absolute Gasteiger partial charge is 0.407 e. The van der Waals surface area contributed by atoms with Crippen LogP contribution in [0.5, 0.6) is 0 Å². The molecule has 0 aliphatic carbocycles. The van der Waals surface area contributed by atoms with Gasteiger partial charge in [-0.05, 0) is 12.5 Å². The Bertz CT molecular complexity index is 936. The third-order valence-electron chi connectivity index (χ3n) is 5.20. The van der Waals surface area contributed by atoms with Crippen molar-refractivity contribution in [2.45, 2.75) is 70.5 Å². The molecule has 1 saturated heterocycles. The van der Waals surface area contributed by atoms with E-state index in [9.17, 15) is 27.4 Å². The normalized spacial score (nSPS) is 24.8. The maximum absolute atomic E-state index is 12.4. The summed E-state index contributed by atoms with van der Waals surface area (Å²) in [5.74, 6) is -1.97. The molecule has 0 radical (unpaired) electrons. The predicted molar refractivity (Wildman–Crippen MR) is 114 cm³/mol. The van der Waals surface area contributed by atoms with Gasteiger partial charge in [0.2, 0.25) is 0 Å². The SMILES string of the molecule is CC(=O)O[C@@H]([C@@H]1O[C@@H](S(=O)(=O)O)C[C@H](NC(=O)OCc2ccccc2)[C@H]1C)[C@@H](C)OC(C)=O. The Hall–Kier alpha value is -2.70. The minimum Gasteiger partial charge on any atom is -0.459 e. The van der Waals surface area contributed by atoms with Crippen molar-refractivity contribution in [3.63, 3.8) is 0 Å². The van der Waals surface area contributed by atoms with E-state index in [1.807, 2.05) is 6.07 Å². The van der Waals surface area contributed by atoms with Crippen molar-refractivity contribution >= 4 is 28.1 Å². The molecule has 12 heteroatoms. The summed E-state index contributed by atoms with van der Waals surface area (Å²) >= 11 is 0. The number of ether oxygens (including phenoxy) is 4. The number of nitrogens with one attached hydrogen (secondary N) is 1. The van der Waals surface area contributed by atoms with Crippen molar-refractivity contribution in [2.24, 2.45) is 5.92 Å². The molecule has 33 heavy (non-hydrogen) atoms. The summed E-state index contributed by atoms with van der Waals surface area (Å²) in [6.07, 6.45) is -4.41. The van der Waals surface area contributed by atoms with Crippen molar-refractivity contribution in [1.82, 2.24) is 5.32 Å². The summed E-state index contributed by atoms with van der Waals surface area (Å²) in [5, 5.41) is 2.59. The summed E-state index contributed by atoms with van der Waals surface area (Å²) in [6, 6.07) is 8.11. The predicted octanol–water partition coefficient (Wildman–Crippen LogP) is 1.80. The van der Waals surface area contributed by atoms with Crippen LogP contribution in [0.25, 0.3) is 0 Å². The van der Waals surface area contributed by atoms with E-state index < -0.39 is 63.9 Å².